The fourth-order valence-electron chi connectivity index (χ4n) is 4.59. The SMILES string of the molecule is CC1(C)C(=O)N(C2CC3CCC2C3)N1C(=O)OCc1ccccc1. The Morgan fingerprint density at radius 1 is 1.21 bits per heavy atom. The number of nitrogens with zero attached hydrogens (tertiary/aromatic N) is 2. The molecule has 1 aliphatic heterocycles. The number of carbonyl (C=O) groups is 2. The molecule has 24 heavy (non-hydrogen) atoms. The van der Waals surface area contributed by atoms with Crippen LogP contribution in [0.3, 0.4) is 0 Å². The highest BCUT2D eigenvalue weighted by Gasteiger charge is 2.61. The second kappa shape index (κ2) is 5.50. The third-order valence-corrected chi connectivity index (χ3v) is 5.87. The van der Waals surface area contributed by atoms with Crippen molar-refractivity contribution in [3.63, 3.8) is 0 Å². The van der Waals surface area contributed by atoms with Gasteiger partial charge in [-0.1, -0.05) is 36.8 Å². The van der Waals surface area contributed by atoms with E-state index < -0.39 is 11.6 Å². The van der Waals surface area contributed by atoms with Crippen LogP contribution in [0.1, 0.15) is 45.1 Å². The average Bonchev–Trinajstić information content (AvgIpc) is 3.20. The highest BCUT2D eigenvalue weighted by molar-refractivity contribution is 5.96. The molecular formula is C19H24N2O3. The van der Waals surface area contributed by atoms with Crippen LogP contribution in [0.5, 0.6) is 0 Å². The second-order valence-electron chi connectivity index (χ2n) is 7.80. The van der Waals surface area contributed by atoms with E-state index in [-0.39, 0.29) is 18.6 Å². The van der Waals surface area contributed by atoms with Crippen molar-refractivity contribution in [1.82, 2.24) is 10.0 Å². The van der Waals surface area contributed by atoms with Crippen molar-refractivity contribution < 1.29 is 14.3 Å². The maximum atomic E-state index is 12.6. The minimum atomic E-state index is -0.810. The molecule has 1 heterocycles. The number of ether oxygens (including phenoxy) is 1. The zero-order chi connectivity index (χ0) is 16.9. The molecule has 0 spiro atoms. The Balaban J connectivity index is 1.47. The highest BCUT2D eigenvalue weighted by atomic mass is 16.6. The van der Waals surface area contributed by atoms with Crippen LogP contribution in [0.4, 0.5) is 4.79 Å². The topological polar surface area (TPSA) is 49.9 Å². The first-order chi connectivity index (χ1) is 11.5. The van der Waals surface area contributed by atoms with Crippen molar-refractivity contribution in [2.75, 3.05) is 0 Å². The first kappa shape index (κ1) is 15.5. The Labute approximate surface area is 142 Å². The van der Waals surface area contributed by atoms with E-state index in [9.17, 15) is 9.59 Å². The largest absolute Gasteiger partial charge is 0.443 e. The summed E-state index contributed by atoms with van der Waals surface area (Å²) < 4.78 is 5.48. The van der Waals surface area contributed by atoms with Gasteiger partial charge in [0.05, 0.1) is 6.04 Å². The van der Waals surface area contributed by atoms with E-state index in [2.05, 4.69) is 0 Å². The number of hydrogen-bond donors (Lipinski definition) is 0. The standard InChI is InChI=1S/C19H24N2O3/c1-19(2)17(22)20(16-11-14-8-9-15(16)10-14)21(19)18(23)24-12-13-6-4-3-5-7-13/h3-7,14-16H,8-12H2,1-2H3. The molecule has 4 rings (SSSR count). The lowest BCUT2D eigenvalue weighted by Crippen LogP contribution is -2.78. The third kappa shape index (κ3) is 2.29. The molecule has 3 fully saturated rings. The van der Waals surface area contributed by atoms with E-state index in [1.165, 1.54) is 19.3 Å². The smallest absolute Gasteiger partial charge is 0.430 e. The molecule has 1 saturated heterocycles. The molecule has 5 nitrogen and oxygen atoms in total. The van der Waals surface area contributed by atoms with Crippen molar-refractivity contribution in [3.8, 4) is 0 Å². The Kier molecular flexibility index (Phi) is 3.55. The van der Waals surface area contributed by atoms with Gasteiger partial charge < -0.3 is 4.74 Å². The van der Waals surface area contributed by atoms with Crippen LogP contribution in [0.2, 0.25) is 0 Å². The summed E-state index contributed by atoms with van der Waals surface area (Å²) in [5.74, 6) is 1.30. The molecule has 1 aromatic carbocycles. The predicted molar refractivity (Wildman–Crippen MR) is 88.6 cm³/mol. The van der Waals surface area contributed by atoms with Crippen LogP contribution < -0.4 is 0 Å². The second-order valence-corrected chi connectivity index (χ2v) is 7.80. The summed E-state index contributed by atoms with van der Waals surface area (Å²) in [5.41, 5.74) is 0.136. The van der Waals surface area contributed by atoms with E-state index in [4.69, 9.17) is 4.74 Å². The lowest BCUT2D eigenvalue weighted by atomic mass is 9.89. The Morgan fingerprint density at radius 2 is 1.96 bits per heavy atom. The quantitative estimate of drug-likeness (QED) is 0.855. The van der Waals surface area contributed by atoms with Gasteiger partial charge in [0.1, 0.15) is 12.1 Å². The molecule has 3 unspecified atom stereocenters. The van der Waals surface area contributed by atoms with Gasteiger partial charge in [0.25, 0.3) is 5.91 Å². The number of rotatable bonds is 3. The minimum absolute atomic E-state index is 0.0386. The van der Waals surface area contributed by atoms with Gasteiger partial charge in [-0.15, -0.1) is 0 Å². The van der Waals surface area contributed by atoms with E-state index in [0.29, 0.717) is 5.92 Å². The summed E-state index contributed by atoms with van der Waals surface area (Å²) in [6.07, 6.45) is 4.24. The van der Waals surface area contributed by atoms with Gasteiger partial charge in [-0.3, -0.25) is 4.79 Å². The summed E-state index contributed by atoms with van der Waals surface area (Å²) in [7, 11) is 0. The number of fused-ring (bicyclic) bond motifs is 2. The molecule has 2 aliphatic carbocycles. The molecule has 1 aromatic rings. The number of hydrogen-bond acceptors (Lipinski definition) is 3. The summed E-state index contributed by atoms with van der Waals surface area (Å²) >= 11 is 0. The van der Waals surface area contributed by atoms with Gasteiger partial charge in [-0.2, -0.15) is 0 Å². The maximum Gasteiger partial charge on any atom is 0.430 e. The molecule has 0 radical (unpaired) electrons. The maximum absolute atomic E-state index is 12.6. The summed E-state index contributed by atoms with van der Waals surface area (Å²) in [5, 5.41) is 3.24. The molecule has 0 N–H and O–H groups in total. The van der Waals surface area contributed by atoms with Crippen molar-refractivity contribution >= 4 is 12.0 Å². The van der Waals surface area contributed by atoms with Gasteiger partial charge in [0.15, 0.2) is 0 Å². The fourth-order valence-corrected chi connectivity index (χ4v) is 4.59. The average molecular weight is 328 g/mol. The Hall–Kier alpha value is -2.04. The molecule has 5 heteroatoms. The number of carbonyl (C=O) groups excluding carboxylic acids is 2. The first-order valence-electron chi connectivity index (χ1n) is 8.83. The van der Waals surface area contributed by atoms with Gasteiger partial charge in [-0.25, -0.2) is 14.8 Å². The predicted octanol–water partition coefficient (Wildman–Crippen LogP) is 3.35. The van der Waals surface area contributed by atoms with E-state index in [0.717, 1.165) is 17.9 Å². The van der Waals surface area contributed by atoms with Crippen LogP contribution in [-0.2, 0) is 16.1 Å². The monoisotopic (exact) mass is 328 g/mol. The summed E-state index contributed by atoms with van der Waals surface area (Å²) in [4.78, 5) is 25.3. The molecular weight excluding hydrogens is 304 g/mol. The van der Waals surface area contributed by atoms with E-state index in [1.807, 2.05) is 30.3 Å². The Morgan fingerprint density at radius 3 is 2.58 bits per heavy atom. The normalized spacial score (nSPS) is 30.4. The van der Waals surface area contributed by atoms with Crippen LogP contribution in [-0.4, -0.2) is 33.6 Å². The highest BCUT2D eigenvalue weighted by Crippen LogP contribution is 2.50. The van der Waals surface area contributed by atoms with Gasteiger partial charge in [0, 0.05) is 0 Å². The molecule has 2 bridgehead atoms. The van der Waals surface area contributed by atoms with Gasteiger partial charge >= 0.3 is 6.09 Å². The van der Waals surface area contributed by atoms with Crippen LogP contribution in [0.15, 0.2) is 30.3 Å². The van der Waals surface area contributed by atoms with E-state index in [1.54, 1.807) is 23.9 Å². The zero-order valence-corrected chi connectivity index (χ0v) is 14.3. The minimum Gasteiger partial charge on any atom is -0.443 e. The molecule has 0 aromatic heterocycles. The lowest BCUT2D eigenvalue weighted by molar-refractivity contribution is -0.217. The van der Waals surface area contributed by atoms with Crippen molar-refractivity contribution in [2.24, 2.45) is 11.8 Å². The van der Waals surface area contributed by atoms with Crippen LogP contribution in [0, 0.1) is 11.8 Å². The molecule has 2 saturated carbocycles. The Bertz CT molecular complexity index is 658. The first-order valence-corrected chi connectivity index (χ1v) is 8.83. The third-order valence-electron chi connectivity index (χ3n) is 5.87. The van der Waals surface area contributed by atoms with Crippen LogP contribution >= 0.6 is 0 Å². The number of amides is 2. The fraction of sp³-hybridized carbons (Fsp3) is 0.579. The zero-order valence-electron chi connectivity index (χ0n) is 14.3. The molecule has 3 aliphatic rings. The van der Waals surface area contributed by atoms with E-state index >= 15 is 0 Å². The molecule has 128 valence electrons. The van der Waals surface area contributed by atoms with Crippen molar-refractivity contribution in [3.05, 3.63) is 35.9 Å². The summed E-state index contributed by atoms with van der Waals surface area (Å²) in [6.45, 7) is 3.82. The number of benzene rings is 1. The van der Waals surface area contributed by atoms with Gasteiger partial charge in [-0.05, 0) is 50.5 Å². The lowest BCUT2D eigenvalue weighted by Gasteiger charge is -2.57. The number of hydrazine groups is 1. The van der Waals surface area contributed by atoms with Gasteiger partial charge in [0.2, 0.25) is 0 Å². The van der Waals surface area contributed by atoms with Crippen molar-refractivity contribution in [1.29, 1.82) is 0 Å². The molecule has 3 atom stereocenters. The van der Waals surface area contributed by atoms with Crippen molar-refractivity contribution in [2.45, 2.75) is 57.7 Å². The molecule has 2 amide bonds. The summed E-state index contributed by atoms with van der Waals surface area (Å²) in [6, 6.07) is 9.79. The van der Waals surface area contributed by atoms with Crippen LogP contribution in [0.25, 0.3) is 0 Å².